The molecule has 0 aliphatic heterocycles. The summed E-state index contributed by atoms with van der Waals surface area (Å²) in [5.41, 5.74) is 7.32. The Kier molecular flexibility index (Phi) is 5.29. The fraction of sp³-hybridized carbons (Fsp3) is 0.267. The van der Waals surface area contributed by atoms with Crippen molar-refractivity contribution >= 4 is 11.6 Å². The second kappa shape index (κ2) is 7.70. The summed E-state index contributed by atoms with van der Waals surface area (Å²) in [4.78, 5) is 25.5. The Morgan fingerprint density at radius 3 is 1.41 bits per heavy atom. The molecule has 162 valence electrons. The van der Waals surface area contributed by atoms with E-state index in [1.54, 1.807) is 6.07 Å². The average Bonchev–Trinajstić information content (AvgIpc) is 2.74. The second-order valence-electron chi connectivity index (χ2n) is 10.6. The van der Waals surface area contributed by atoms with Gasteiger partial charge < -0.3 is 0 Å². The van der Waals surface area contributed by atoms with Crippen LogP contribution in [0.4, 0.5) is 0 Å². The molecule has 0 saturated heterocycles. The van der Waals surface area contributed by atoms with Gasteiger partial charge in [-0.1, -0.05) is 96.1 Å². The van der Waals surface area contributed by atoms with Gasteiger partial charge in [-0.25, -0.2) is 0 Å². The van der Waals surface area contributed by atoms with E-state index < -0.39 is 0 Å². The standard InChI is InChI=1S/C30H30O2/c1-29(2,3)21-11-7-19(8-12-21)23-15-16-24-25(31)17-18-26(32)28(24)27(23)20-9-13-22(14-10-20)30(4,5)6/h7-18H,1-6H3. The molecule has 32 heavy (non-hydrogen) atoms. The summed E-state index contributed by atoms with van der Waals surface area (Å²) in [5, 5.41) is 0. The lowest BCUT2D eigenvalue weighted by atomic mass is 9.80. The molecule has 0 unspecified atom stereocenters. The molecule has 0 heterocycles. The molecule has 4 rings (SSSR count). The summed E-state index contributed by atoms with van der Waals surface area (Å²) in [5.74, 6) is -0.246. The van der Waals surface area contributed by atoms with Gasteiger partial charge in [-0.15, -0.1) is 0 Å². The number of allylic oxidation sites excluding steroid dienone is 2. The first-order valence-electron chi connectivity index (χ1n) is 11.1. The van der Waals surface area contributed by atoms with Crippen LogP contribution in [0, 0.1) is 0 Å². The highest BCUT2D eigenvalue weighted by molar-refractivity contribution is 6.25. The minimum Gasteiger partial charge on any atom is -0.289 e. The lowest BCUT2D eigenvalue weighted by molar-refractivity contribution is 0.0994. The maximum atomic E-state index is 13.0. The van der Waals surface area contributed by atoms with E-state index in [9.17, 15) is 9.59 Å². The molecule has 0 radical (unpaired) electrons. The molecule has 1 aliphatic rings. The third kappa shape index (κ3) is 3.98. The van der Waals surface area contributed by atoms with Crippen LogP contribution in [0.5, 0.6) is 0 Å². The highest BCUT2D eigenvalue weighted by Crippen LogP contribution is 2.40. The van der Waals surface area contributed by atoms with Crippen molar-refractivity contribution in [3.63, 3.8) is 0 Å². The Morgan fingerprint density at radius 2 is 0.906 bits per heavy atom. The number of carbonyl (C=O) groups is 2. The van der Waals surface area contributed by atoms with Crippen molar-refractivity contribution in [2.24, 2.45) is 0 Å². The Morgan fingerprint density at radius 1 is 0.469 bits per heavy atom. The van der Waals surface area contributed by atoms with Crippen LogP contribution < -0.4 is 0 Å². The maximum Gasteiger partial charge on any atom is 0.187 e. The Balaban J connectivity index is 1.95. The van der Waals surface area contributed by atoms with Crippen LogP contribution in [0.15, 0.2) is 72.8 Å². The van der Waals surface area contributed by atoms with Crippen LogP contribution in [0.3, 0.4) is 0 Å². The molecule has 0 saturated carbocycles. The van der Waals surface area contributed by atoms with Crippen molar-refractivity contribution in [1.29, 1.82) is 0 Å². The maximum absolute atomic E-state index is 13.0. The van der Waals surface area contributed by atoms with E-state index in [0.717, 1.165) is 22.3 Å². The normalized spacial score (nSPS) is 13.9. The zero-order chi connectivity index (χ0) is 23.3. The molecule has 0 amide bonds. The van der Waals surface area contributed by atoms with Gasteiger partial charge in [0.1, 0.15) is 0 Å². The van der Waals surface area contributed by atoms with Crippen LogP contribution >= 0.6 is 0 Å². The molecule has 0 atom stereocenters. The molecule has 2 nitrogen and oxygen atoms in total. The van der Waals surface area contributed by atoms with E-state index in [0.29, 0.717) is 11.1 Å². The van der Waals surface area contributed by atoms with Gasteiger partial charge in [0, 0.05) is 16.7 Å². The Bertz CT molecular complexity index is 1230. The lowest BCUT2D eigenvalue weighted by Crippen LogP contribution is -2.14. The minimum atomic E-state index is -0.123. The molecule has 1 aliphatic carbocycles. The van der Waals surface area contributed by atoms with E-state index in [4.69, 9.17) is 0 Å². The molecular formula is C30H30O2. The van der Waals surface area contributed by atoms with Gasteiger partial charge >= 0.3 is 0 Å². The molecule has 0 fully saturated rings. The summed E-state index contributed by atoms with van der Waals surface area (Å²) in [6.07, 6.45) is 2.76. The van der Waals surface area contributed by atoms with Crippen LogP contribution in [-0.2, 0) is 10.8 Å². The molecule has 0 bridgehead atoms. The highest BCUT2D eigenvalue weighted by atomic mass is 16.1. The van der Waals surface area contributed by atoms with Gasteiger partial charge in [0.05, 0.1) is 0 Å². The summed E-state index contributed by atoms with van der Waals surface area (Å²) in [6.45, 7) is 13.1. The largest absolute Gasteiger partial charge is 0.289 e. The molecule has 0 aromatic heterocycles. The Hall–Kier alpha value is -3.26. The van der Waals surface area contributed by atoms with Crippen molar-refractivity contribution in [2.45, 2.75) is 52.4 Å². The topological polar surface area (TPSA) is 34.1 Å². The van der Waals surface area contributed by atoms with Crippen molar-refractivity contribution in [2.75, 3.05) is 0 Å². The zero-order valence-corrected chi connectivity index (χ0v) is 19.7. The fourth-order valence-electron chi connectivity index (χ4n) is 4.22. The first-order valence-corrected chi connectivity index (χ1v) is 11.1. The van der Waals surface area contributed by atoms with Gasteiger partial charge in [0.25, 0.3) is 0 Å². The molecular weight excluding hydrogens is 392 g/mol. The van der Waals surface area contributed by atoms with Crippen LogP contribution in [0.1, 0.15) is 73.4 Å². The first-order chi connectivity index (χ1) is 15.0. The van der Waals surface area contributed by atoms with E-state index in [1.807, 2.05) is 6.07 Å². The van der Waals surface area contributed by atoms with E-state index in [2.05, 4.69) is 90.1 Å². The van der Waals surface area contributed by atoms with E-state index >= 15 is 0 Å². The van der Waals surface area contributed by atoms with Gasteiger partial charge in [-0.2, -0.15) is 0 Å². The SMILES string of the molecule is CC(C)(C)c1ccc(-c2ccc3c(c2-c2ccc(C(C)(C)C)cc2)C(=O)C=CC3=O)cc1. The summed E-state index contributed by atoms with van der Waals surface area (Å²) in [7, 11) is 0. The molecule has 0 spiro atoms. The number of rotatable bonds is 2. The van der Waals surface area contributed by atoms with Crippen LogP contribution in [0.25, 0.3) is 22.3 Å². The number of carbonyl (C=O) groups excluding carboxylic acids is 2. The quantitative estimate of drug-likeness (QED) is 0.427. The van der Waals surface area contributed by atoms with Gasteiger partial charge in [-0.05, 0) is 56.9 Å². The van der Waals surface area contributed by atoms with Crippen LogP contribution in [-0.4, -0.2) is 11.6 Å². The smallest absolute Gasteiger partial charge is 0.187 e. The van der Waals surface area contributed by atoms with Crippen molar-refractivity contribution in [1.82, 2.24) is 0 Å². The molecule has 3 aromatic rings. The monoisotopic (exact) mass is 422 g/mol. The second-order valence-corrected chi connectivity index (χ2v) is 10.6. The third-order valence-electron chi connectivity index (χ3n) is 6.20. The lowest BCUT2D eigenvalue weighted by Gasteiger charge is -2.22. The molecule has 0 N–H and O–H groups in total. The van der Waals surface area contributed by atoms with Crippen molar-refractivity contribution in [3.05, 3.63) is 95.1 Å². The minimum absolute atomic E-state index is 0.0365. The third-order valence-corrected chi connectivity index (χ3v) is 6.20. The number of ketones is 2. The predicted octanol–water partition coefficient (Wildman–Crippen LogP) is 7.55. The fourth-order valence-corrected chi connectivity index (χ4v) is 4.22. The average molecular weight is 423 g/mol. The number of hydrogen-bond donors (Lipinski definition) is 0. The molecule has 2 heteroatoms. The van der Waals surface area contributed by atoms with Gasteiger partial charge in [-0.3, -0.25) is 9.59 Å². The first kappa shape index (κ1) is 22.0. The summed E-state index contributed by atoms with van der Waals surface area (Å²) >= 11 is 0. The summed E-state index contributed by atoms with van der Waals surface area (Å²) < 4.78 is 0. The predicted molar refractivity (Wildman–Crippen MR) is 133 cm³/mol. The highest BCUT2D eigenvalue weighted by Gasteiger charge is 2.26. The van der Waals surface area contributed by atoms with E-state index in [1.165, 1.54) is 23.3 Å². The van der Waals surface area contributed by atoms with E-state index in [-0.39, 0.29) is 22.4 Å². The zero-order valence-electron chi connectivity index (χ0n) is 19.7. The molecule has 3 aromatic carbocycles. The number of fused-ring (bicyclic) bond motifs is 1. The van der Waals surface area contributed by atoms with Gasteiger partial charge in [0.15, 0.2) is 11.6 Å². The number of benzene rings is 3. The summed E-state index contributed by atoms with van der Waals surface area (Å²) in [6, 6.07) is 20.7. The van der Waals surface area contributed by atoms with Crippen LogP contribution in [0.2, 0.25) is 0 Å². The number of hydrogen-bond acceptors (Lipinski definition) is 2. The van der Waals surface area contributed by atoms with Gasteiger partial charge in [0.2, 0.25) is 0 Å². The van der Waals surface area contributed by atoms with Crippen molar-refractivity contribution in [3.8, 4) is 22.3 Å². The van der Waals surface area contributed by atoms with Crippen molar-refractivity contribution < 1.29 is 9.59 Å². The Labute approximate surface area is 191 Å².